The average molecular weight is 469 g/mol. The van der Waals surface area contributed by atoms with Crippen molar-refractivity contribution in [1.29, 1.82) is 0 Å². The number of nitrogens with one attached hydrogen (secondary N) is 1. The summed E-state index contributed by atoms with van der Waals surface area (Å²) in [5, 5.41) is 2.86. The molecule has 28 heavy (non-hydrogen) atoms. The van der Waals surface area contributed by atoms with Crippen LogP contribution in [-0.4, -0.2) is 31.7 Å². The van der Waals surface area contributed by atoms with E-state index in [1.807, 2.05) is 0 Å². The first-order chi connectivity index (χ1) is 13.2. The van der Waals surface area contributed by atoms with Gasteiger partial charge in [-0.2, -0.15) is 4.31 Å². The van der Waals surface area contributed by atoms with E-state index in [0.717, 1.165) is 10.0 Å². The largest absolute Gasteiger partial charge is 0.352 e. The summed E-state index contributed by atoms with van der Waals surface area (Å²) >= 11 is 3.30. The fourth-order valence-electron chi connectivity index (χ4n) is 3.34. The number of rotatable bonds is 5. The Bertz CT molecular complexity index is 948. The summed E-state index contributed by atoms with van der Waals surface area (Å²) in [6.07, 6.45) is 1.21. The topological polar surface area (TPSA) is 66.5 Å². The SMILES string of the molecule is C[C@]1(C(=O)NCc2ccc(F)cc2)CCCN(S(=O)(=O)c2ccc(Br)cc2)C1. The molecule has 1 heterocycles. The number of piperidine rings is 1. The third-order valence-electron chi connectivity index (χ3n) is 5.03. The maximum absolute atomic E-state index is 13.0. The number of carbonyl (C=O) groups is 1. The smallest absolute Gasteiger partial charge is 0.243 e. The van der Waals surface area contributed by atoms with Gasteiger partial charge in [-0.1, -0.05) is 28.1 Å². The molecule has 1 atom stereocenters. The van der Waals surface area contributed by atoms with Crippen molar-refractivity contribution in [2.24, 2.45) is 5.41 Å². The molecule has 1 fully saturated rings. The Kier molecular flexibility index (Phi) is 6.21. The maximum atomic E-state index is 13.0. The Morgan fingerprint density at radius 1 is 1.18 bits per heavy atom. The first kappa shape index (κ1) is 21.0. The summed E-state index contributed by atoms with van der Waals surface area (Å²) in [4.78, 5) is 13.0. The number of carbonyl (C=O) groups excluding carboxylic acids is 1. The van der Waals surface area contributed by atoms with Gasteiger partial charge >= 0.3 is 0 Å². The van der Waals surface area contributed by atoms with Gasteiger partial charge in [-0.05, 0) is 61.7 Å². The number of sulfonamides is 1. The molecule has 0 aromatic heterocycles. The lowest BCUT2D eigenvalue weighted by Gasteiger charge is -2.38. The molecule has 0 radical (unpaired) electrons. The highest BCUT2D eigenvalue weighted by Crippen LogP contribution is 2.33. The van der Waals surface area contributed by atoms with Crippen LogP contribution in [0.25, 0.3) is 0 Å². The first-order valence-electron chi connectivity index (χ1n) is 8.99. The Balaban J connectivity index is 1.70. The van der Waals surface area contributed by atoms with Crippen molar-refractivity contribution in [2.75, 3.05) is 13.1 Å². The molecule has 1 amide bonds. The van der Waals surface area contributed by atoms with Crippen molar-refractivity contribution in [1.82, 2.24) is 9.62 Å². The lowest BCUT2D eigenvalue weighted by atomic mass is 9.82. The van der Waals surface area contributed by atoms with E-state index in [2.05, 4.69) is 21.2 Å². The van der Waals surface area contributed by atoms with Crippen molar-refractivity contribution < 1.29 is 17.6 Å². The standard InChI is InChI=1S/C20H22BrFN2O3S/c1-20(19(25)23-13-15-3-7-17(22)8-4-15)11-2-12-24(14-20)28(26,27)18-9-5-16(21)6-10-18/h3-10H,2,11-14H2,1H3,(H,23,25)/t20-/m0/s1. The predicted octanol–water partition coefficient (Wildman–Crippen LogP) is 3.70. The first-order valence-corrected chi connectivity index (χ1v) is 11.2. The van der Waals surface area contributed by atoms with Crippen LogP contribution in [0.5, 0.6) is 0 Å². The van der Waals surface area contributed by atoms with Crippen LogP contribution in [0.1, 0.15) is 25.3 Å². The molecule has 1 aliphatic heterocycles. The van der Waals surface area contributed by atoms with Gasteiger partial charge in [0.1, 0.15) is 5.82 Å². The highest BCUT2D eigenvalue weighted by molar-refractivity contribution is 9.10. The quantitative estimate of drug-likeness (QED) is 0.727. The van der Waals surface area contributed by atoms with Crippen LogP contribution in [0, 0.1) is 11.2 Å². The Morgan fingerprint density at radius 2 is 1.82 bits per heavy atom. The Hall–Kier alpha value is -1.77. The van der Waals surface area contributed by atoms with E-state index in [1.165, 1.54) is 16.4 Å². The maximum Gasteiger partial charge on any atom is 0.243 e. The van der Waals surface area contributed by atoms with Gasteiger partial charge in [-0.15, -0.1) is 0 Å². The van der Waals surface area contributed by atoms with Crippen LogP contribution in [0.4, 0.5) is 4.39 Å². The molecule has 0 unspecified atom stereocenters. The molecule has 5 nitrogen and oxygen atoms in total. The molecule has 8 heteroatoms. The Labute approximate surface area is 173 Å². The number of benzene rings is 2. The second-order valence-electron chi connectivity index (χ2n) is 7.27. The van der Waals surface area contributed by atoms with Gasteiger partial charge in [0.25, 0.3) is 0 Å². The molecule has 0 saturated carbocycles. The molecule has 150 valence electrons. The van der Waals surface area contributed by atoms with Gasteiger partial charge in [-0.3, -0.25) is 4.79 Å². The van der Waals surface area contributed by atoms with Crippen LogP contribution >= 0.6 is 15.9 Å². The molecule has 0 spiro atoms. The lowest BCUT2D eigenvalue weighted by molar-refractivity contribution is -0.132. The van der Waals surface area contributed by atoms with E-state index in [1.54, 1.807) is 43.3 Å². The van der Waals surface area contributed by atoms with Crippen molar-refractivity contribution in [2.45, 2.75) is 31.2 Å². The second kappa shape index (κ2) is 8.31. The summed E-state index contributed by atoms with van der Waals surface area (Å²) < 4.78 is 41.1. The number of amides is 1. The van der Waals surface area contributed by atoms with Gasteiger partial charge in [-0.25, -0.2) is 12.8 Å². The molecule has 3 rings (SSSR count). The second-order valence-corrected chi connectivity index (χ2v) is 10.1. The molecule has 2 aromatic rings. The zero-order valence-corrected chi connectivity index (χ0v) is 17.9. The minimum atomic E-state index is -3.66. The summed E-state index contributed by atoms with van der Waals surface area (Å²) in [6, 6.07) is 12.4. The van der Waals surface area contributed by atoms with Gasteiger partial charge in [0, 0.05) is 24.1 Å². The van der Waals surface area contributed by atoms with Crippen LogP contribution < -0.4 is 5.32 Å². The number of nitrogens with zero attached hydrogens (tertiary/aromatic N) is 1. The molecule has 0 bridgehead atoms. The zero-order chi connectivity index (χ0) is 20.4. The van der Waals surface area contributed by atoms with Crippen molar-refractivity contribution in [3.63, 3.8) is 0 Å². The van der Waals surface area contributed by atoms with E-state index in [4.69, 9.17) is 0 Å². The summed E-state index contributed by atoms with van der Waals surface area (Å²) in [6.45, 7) is 2.57. The lowest BCUT2D eigenvalue weighted by Crippen LogP contribution is -2.51. The third-order valence-corrected chi connectivity index (χ3v) is 7.42. The minimum absolute atomic E-state index is 0.126. The van der Waals surface area contributed by atoms with Crippen molar-refractivity contribution in [3.05, 3.63) is 64.4 Å². The molecule has 2 aromatic carbocycles. The zero-order valence-electron chi connectivity index (χ0n) is 15.5. The van der Waals surface area contributed by atoms with E-state index >= 15 is 0 Å². The van der Waals surface area contributed by atoms with Crippen LogP contribution in [0.15, 0.2) is 57.9 Å². The van der Waals surface area contributed by atoms with Gasteiger partial charge < -0.3 is 5.32 Å². The van der Waals surface area contributed by atoms with Gasteiger partial charge in [0.2, 0.25) is 15.9 Å². The number of halogens is 2. The molecule has 1 saturated heterocycles. The highest BCUT2D eigenvalue weighted by atomic mass is 79.9. The molecular weight excluding hydrogens is 447 g/mol. The van der Waals surface area contributed by atoms with E-state index in [9.17, 15) is 17.6 Å². The summed E-state index contributed by atoms with van der Waals surface area (Å²) in [5.74, 6) is -0.532. The average Bonchev–Trinajstić information content (AvgIpc) is 2.67. The van der Waals surface area contributed by atoms with Crippen molar-refractivity contribution in [3.8, 4) is 0 Å². The fraction of sp³-hybridized carbons (Fsp3) is 0.350. The molecule has 1 N–H and O–H groups in total. The van der Waals surface area contributed by atoms with Gasteiger partial charge in [0.05, 0.1) is 10.3 Å². The molecular formula is C20H22BrFN2O3S. The van der Waals surface area contributed by atoms with Gasteiger partial charge in [0.15, 0.2) is 0 Å². The normalized spacial score (nSPS) is 20.7. The third kappa shape index (κ3) is 4.61. The van der Waals surface area contributed by atoms with Crippen molar-refractivity contribution >= 4 is 31.9 Å². The van der Waals surface area contributed by atoms with E-state index in [0.29, 0.717) is 19.4 Å². The van der Waals surface area contributed by atoms with E-state index in [-0.39, 0.29) is 29.7 Å². The number of hydrogen-bond acceptors (Lipinski definition) is 3. The predicted molar refractivity (Wildman–Crippen MR) is 108 cm³/mol. The van der Waals surface area contributed by atoms with E-state index < -0.39 is 15.4 Å². The number of hydrogen-bond donors (Lipinski definition) is 1. The van der Waals surface area contributed by atoms with Crippen LogP contribution in [0.3, 0.4) is 0 Å². The minimum Gasteiger partial charge on any atom is -0.352 e. The highest BCUT2D eigenvalue weighted by Gasteiger charge is 2.41. The fourth-order valence-corrected chi connectivity index (χ4v) is 5.20. The molecule has 1 aliphatic rings. The molecule has 0 aliphatic carbocycles. The van der Waals surface area contributed by atoms with Crippen LogP contribution in [0.2, 0.25) is 0 Å². The summed E-state index contributed by atoms with van der Waals surface area (Å²) in [7, 11) is -3.66. The monoisotopic (exact) mass is 468 g/mol. The summed E-state index contributed by atoms with van der Waals surface area (Å²) in [5.41, 5.74) is -0.0331. The van der Waals surface area contributed by atoms with Crippen LogP contribution in [-0.2, 0) is 21.4 Å². The Morgan fingerprint density at radius 3 is 2.46 bits per heavy atom.